The van der Waals surface area contributed by atoms with E-state index < -0.39 is 11.4 Å². The molecule has 0 aromatic carbocycles. The molecule has 1 fully saturated rings. The van der Waals surface area contributed by atoms with E-state index in [-0.39, 0.29) is 35.4 Å². The Labute approximate surface area is 213 Å². The predicted molar refractivity (Wildman–Crippen MR) is 138 cm³/mol. The molecule has 1 unspecified atom stereocenters. The normalized spacial score (nSPS) is 20.5. The van der Waals surface area contributed by atoms with Crippen LogP contribution in [0.4, 0.5) is 9.18 Å². The number of carbonyl (C=O) groups excluding carboxylic acids is 1. The minimum Gasteiger partial charge on any atom is -0.444 e. The molecule has 1 aliphatic rings. The molecule has 37 heavy (non-hydrogen) atoms. The number of likely N-dealkylation sites (tertiary alicyclic amines) is 1. The molecule has 3 atom stereocenters. The van der Waals surface area contributed by atoms with E-state index in [9.17, 15) is 14.0 Å². The Morgan fingerprint density at radius 1 is 1.14 bits per heavy atom. The number of halogens is 1. The van der Waals surface area contributed by atoms with E-state index in [0.29, 0.717) is 40.8 Å². The lowest BCUT2D eigenvalue weighted by atomic mass is 9.92. The molecule has 1 amide bonds. The maximum atomic E-state index is 14.6. The van der Waals surface area contributed by atoms with Crippen molar-refractivity contribution < 1.29 is 13.9 Å². The van der Waals surface area contributed by atoms with Gasteiger partial charge in [-0.3, -0.25) is 4.79 Å². The molecule has 4 aromatic rings. The summed E-state index contributed by atoms with van der Waals surface area (Å²) in [6, 6.07) is 2.86. The van der Waals surface area contributed by atoms with Crippen molar-refractivity contribution in [2.75, 3.05) is 0 Å². The highest BCUT2D eigenvalue weighted by molar-refractivity contribution is 5.78. The van der Waals surface area contributed by atoms with E-state index in [2.05, 4.69) is 15.0 Å². The number of rotatable bonds is 2. The summed E-state index contributed by atoms with van der Waals surface area (Å²) in [5.74, 6) is -0.143. The SMILES string of the molecule is Cc1cn2cc(-c3ncc4c(=O)n(C5C[C@@H](C)N(C(=O)OC(C)(C)C)[C@@H](C)C5)ccc4n3)cc(F)c2n1. The van der Waals surface area contributed by atoms with E-state index in [1.165, 1.54) is 12.3 Å². The predicted octanol–water partition coefficient (Wildman–Crippen LogP) is 4.90. The molecule has 1 saturated heterocycles. The van der Waals surface area contributed by atoms with Gasteiger partial charge >= 0.3 is 6.09 Å². The van der Waals surface area contributed by atoms with Gasteiger partial charge in [0.1, 0.15) is 5.60 Å². The Balaban J connectivity index is 1.43. The average Bonchev–Trinajstić information content (AvgIpc) is 3.18. The molecule has 0 spiro atoms. The highest BCUT2D eigenvalue weighted by Gasteiger charge is 2.37. The van der Waals surface area contributed by atoms with Gasteiger partial charge in [0.15, 0.2) is 17.3 Å². The molecule has 9 nitrogen and oxygen atoms in total. The minimum atomic E-state index is -0.573. The van der Waals surface area contributed by atoms with E-state index >= 15 is 0 Å². The lowest BCUT2D eigenvalue weighted by molar-refractivity contribution is -0.00632. The zero-order valence-corrected chi connectivity index (χ0v) is 21.9. The van der Waals surface area contributed by atoms with Gasteiger partial charge in [0.2, 0.25) is 0 Å². The number of piperidine rings is 1. The summed E-state index contributed by atoms with van der Waals surface area (Å²) in [5.41, 5.74) is 1.16. The average molecular weight is 507 g/mol. The number of amides is 1. The molecule has 5 rings (SSSR count). The summed E-state index contributed by atoms with van der Waals surface area (Å²) in [4.78, 5) is 41.1. The third-order valence-electron chi connectivity index (χ3n) is 6.73. The molecule has 0 bridgehead atoms. The molecular formula is C27H31FN6O3. The first kappa shape index (κ1) is 24.9. The van der Waals surface area contributed by atoms with Crippen LogP contribution in [0.2, 0.25) is 0 Å². The number of imidazole rings is 1. The van der Waals surface area contributed by atoms with Crippen LogP contribution in [-0.4, -0.2) is 52.6 Å². The van der Waals surface area contributed by atoms with Gasteiger partial charge < -0.3 is 18.6 Å². The van der Waals surface area contributed by atoms with Crippen LogP contribution in [0.1, 0.15) is 59.2 Å². The van der Waals surface area contributed by atoms with Crippen LogP contribution in [0.25, 0.3) is 27.9 Å². The van der Waals surface area contributed by atoms with Crippen LogP contribution in [-0.2, 0) is 4.74 Å². The van der Waals surface area contributed by atoms with Gasteiger partial charge in [-0.15, -0.1) is 0 Å². The smallest absolute Gasteiger partial charge is 0.410 e. The van der Waals surface area contributed by atoms with Crippen molar-refractivity contribution in [1.29, 1.82) is 0 Å². The Morgan fingerprint density at radius 3 is 2.51 bits per heavy atom. The molecule has 1 aliphatic heterocycles. The van der Waals surface area contributed by atoms with Crippen LogP contribution in [0.3, 0.4) is 0 Å². The topological polar surface area (TPSA) is 94.6 Å². The number of hydrogen-bond acceptors (Lipinski definition) is 6. The van der Waals surface area contributed by atoms with Crippen molar-refractivity contribution in [2.45, 2.75) is 78.1 Å². The molecule has 10 heteroatoms. The summed E-state index contributed by atoms with van der Waals surface area (Å²) >= 11 is 0. The molecular weight excluding hydrogens is 475 g/mol. The summed E-state index contributed by atoms with van der Waals surface area (Å²) in [6.07, 6.45) is 7.62. The number of hydrogen-bond donors (Lipinski definition) is 0. The number of pyridine rings is 2. The van der Waals surface area contributed by atoms with Crippen molar-refractivity contribution in [3.05, 3.63) is 58.8 Å². The Bertz CT molecular complexity index is 1560. The van der Waals surface area contributed by atoms with Crippen molar-refractivity contribution in [3.63, 3.8) is 0 Å². The number of nitrogens with zero attached hydrogens (tertiary/aromatic N) is 6. The maximum Gasteiger partial charge on any atom is 0.410 e. The van der Waals surface area contributed by atoms with Gasteiger partial charge in [-0.25, -0.2) is 24.1 Å². The number of carbonyl (C=O) groups is 1. The second-order valence-electron chi connectivity index (χ2n) is 10.9. The highest BCUT2D eigenvalue weighted by Crippen LogP contribution is 2.32. The van der Waals surface area contributed by atoms with E-state index in [1.807, 2.05) is 34.6 Å². The molecule has 0 saturated carbocycles. The fourth-order valence-corrected chi connectivity index (χ4v) is 5.22. The maximum absolute atomic E-state index is 14.6. The third kappa shape index (κ3) is 4.68. The van der Waals surface area contributed by atoms with Crippen LogP contribution in [0.15, 0.2) is 41.7 Å². The van der Waals surface area contributed by atoms with Crippen molar-refractivity contribution >= 4 is 22.6 Å². The monoisotopic (exact) mass is 506 g/mol. The first-order chi connectivity index (χ1) is 17.4. The Hall–Kier alpha value is -3.82. The summed E-state index contributed by atoms with van der Waals surface area (Å²) in [7, 11) is 0. The van der Waals surface area contributed by atoms with Gasteiger partial charge in [-0.05, 0) is 66.5 Å². The second-order valence-corrected chi connectivity index (χ2v) is 10.9. The van der Waals surface area contributed by atoms with Gasteiger partial charge in [0.25, 0.3) is 5.56 Å². The number of aromatic nitrogens is 5. The molecule has 5 heterocycles. The largest absolute Gasteiger partial charge is 0.444 e. The zero-order chi connectivity index (χ0) is 26.6. The molecule has 194 valence electrons. The second kappa shape index (κ2) is 8.93. The molecule has 0 aliphatic carbocycles. The Morgan fingerprint density at radius 2 is 1.84 bits per heavy atom. The summed E-state index contributed by atoms with van der Waals surface area (Å²) in [5, 5.41) is 0.390. The zero-order valence-electron chi connectivity index (χ0n) is 21.9. The lowest BCUT2D eigenvalue weighted by Gasteiger charge is -2.43. The van der Waals surface area contributed by atoms with Crippen LogP contribution in [0.5, 0.6) is 0 Å². The summed E-state index contributed by atoms with van der Waals surface area (Å²) in [6.45, 7) is 11.3. The fourth-order valence-electron chi connectivity index (χ4n) is 5.22. The lowest BCUT2D eigenvalue weighted by Crippen LogP contribution is -2.52. The quantitative estimate of drug-likeness (QED) is 0.384. The molecule has 0 radical (unpaired) electrons. The van der Waals surface area contributed by atoms with Gasteiger partial charge in [-0.2, -0.15) is 0 Å². The first-order valence-corrected chi connectivity index (χ1v) is 12.5. The standard InChI is InChI=1S/C27H31FN6O3/c1-15-13-32-14-18(11-21(28)24(32)30-15)23-29-12-20-22(31-23)7-8-33(25(20)35)19-9-16(2)34(17(3)10-19)26(36)37-27(4,5)6/h7-8,11-14,16-17,19H,9-10H2,1-6H3/t16-,17+,19?. The van der Waals surface area contributed by atoms with Gasteiger partial charge in [-0.1, -0.05) is 0 Å². The number of aryl methyl sites for hydroxylation is 1. The van der Waals surface area contributed by atoms with Gasteiger partial charge in [0, 0.05) is 48.5 Å². The van der Waals surface area contributed by atoms with E-state index in [4.69, 9.17) is 4.74 Å². The first-order valence-electron chi connectivity index (χ1n) is 12.5. The third-order valence-corrected chi connectivity index (χ3v) is 6.73. The van der Waals surface area contributed by atoms with Crippen molar-refractivity contribution in [3.8, 4) is 11.4 Å². The number of ether oxygens (including phenoxy) is 1. The number of fused-ring (bicyclic) bond motifs is 2. The summed E-state index contributed by atoms with van der Waals surface area (Å²) < 4.78 is 23.5. The van der Waals surface area contributed by atoms with Gasteiger partial charge in [0.05, 0.1) is 16.6 Å². The Kier molecular flexibility index (Phi) is 6.00. The van der Waals surface area contributed by atoms with Crippen molar-refractivity contribution in [2.24, 2.45) is 0 Å². The fraction of sp³-hybridized carbons (Fsp3) is 0.444. The molecule has 0 N–H and O–H groups in total. The van der Waals surface area contributed by atoms with E-state index in [1.54, 1.807) is 45.4 Å². The minimum absolute atomic E-state index is 0.0822. The highest BCUT2D eigenvalue weighted by atomic mass is 19.1. The molecule has 4 aromatic heterocycles. The van der Waals surface area contributed by atoms with Crippen LogP contribution in [0, 0.1) is 12.7 Å². The van der Waals surface area contributed by atoms with E-state index in [0.717, 1.165) is 0 Å². The van der Waals surface area contributed by atoms with Crippen LogP contribution >= 0.6 is 0 Å². The van der Waals surface area contributed by atoms with Crippen LogP contribution < -0.4 is 5.56 Å². The van der Waals surface area contributed by atoms with Crippen molar-refractivity contribution in [1.82, 2.24) is 28.8 Å².